The molecule has 0 aliphatic carbocycles. The maximum Gasteiger partial charge on any atom is 0.154 e. The Morgan fingerprint density at radius 2 is 0.800 bits per heavy atom. The van der Waals surface area contributed by atoms with E-state index >= 15 is 0 Å². The molecule has 1 unspecified atom stereocenters. The molecule has 0 amide bonds. The van der Waals surface area contributed by atoms with Gasteiger partial charge in [0.25, 0.3) is 0 Å². The second-order valence-corrected chi connectivity index (χ2v) is 7.84. The molecule has 2 heteroatoms. The molecule has 0 rings (SSSR count). The molecule has 0 aromatic heterocycles. The monoisotopic (exact) mass is 356 g/mol. The summed E-state index contributed by atoms with van der Waals surface area (Å²) in [5.74, 6) is 0. The van der Waals surface area contributed by atoms with Gasteiger partial charge in [-0.3, -0.25) is 0 Å². The molecule has 0 heterocycles. The fourth-order valence-electron chi connectivity index (χ4n) is 3.52. The fourth-order valence-corrected chi connectivity index (χ4v) is 3.52. The summed E-state index contributed by atoms with van der Waals surface area (Å²) < 4.78 is 4.84. The first-order valence-electron chi connectivity index (χ1n) is 11.5. The van der Waals surface area contributed by atoms with Gasteiger partial charge < -0.3 is 9.84 Å². The van der Waals surface area contributed by atoms with Crippen molar-refractivity contribution in [1.29, 1.82) is 0 Å². The first-order chi connectivity index (χ1) is 12.3. The molecule has 0 aliphatic heterocycles. The van der Waals surface area contributed by atoms with E-state index in [1.54, 1.807) is 7.11 Å². The van der Waals surface area contributed by atoms with E-state index in [1.807, 2.05) is 0 Å². The molecular weight excluding hydrogens is 308 g/mol. The Bertz CT molecular complexity index is 230. The Morgan fingerprint density at radius 1 is 0.520 bits per heavy atom. The van der Waals surface area contributed by atoms with Gasteiger partial charge in [0.2, 0.25) is 0 Å². The van der Waals surface area contributed by atoms with Gasteiger partial charge in [-0.1, -0.05) is 122 Å². The Labute approximate surface area is 159 Å². The van der Waals surface area contributed by atoms with E-state index in [2.05, 4.69) is 6.92 Å². The van der Waals surface area contributed by atoms with Crippen LogP contribution in [0.2, 0.25) is 0 Å². The quantitative estimate of drug-likeness (QED) is 0.168. The zero-order valence-electron chi connectivity index (χ0n) is 17.6. The Morgan fingerprint density at radius 3 is 1.08 bits per heavy atom. The lowest BCUT2D eigenvalue weighted by atomic mass is 10.0. The third-order valence-electron chi connectivity index (χ3n) is 5.33. The lowest BCUT2D eigenvalue weighted by Gasteiger charge is -2.07. The summed E-state index contributed by atoms with van der Waals surface area (Å²) >= 11 is 0. The highest BCUT2D eigenvalue weighted by Crippen LogP contribution is 2.15. The van der Waals surface area contributed by atoms with Crippen molar-refractivity contribution in [2.75, 3.05) is 7.11 Å². The van der Waals surface area contributed by atoms with Gasteiger partial charge in [-0.2, -0.15) is 0 Å². The number of hydrogen-bond acceptors (Lipinski definition) is 2. The highest BCUT2D eigenvalue weighted by atomic mass is 16.6. The number of unbranched alkanes of at least 4 members (excludes halogenated alkanes) is 18. The van der Waals surface area contributed by atoms with Gasteiger partial charge in [0.05, 0.1) is 0 Å². The first-order valence-corrected chi connectivity index (χ1v) is 11.5. The molecule has 0 bridgehead atoms. The highest BCUT2D eigenvalue weighted by molar-refractivity contribution is 4.51. The molecule has 1 atom stereocenters. The lowest BCUT2D eigenvalue weighted by molar-refractivity contribution is -0.0793. The summed E-state index contributed by atoms with van der Waals surface area (Å²) in [6.45, 7) is 2.29. The molecule has 1 N–H and O–H groups in total. The SMILES string of the molecule is CCCCCCCCCCCCCCCCCCCCCC(O)OC. The molecule has 0 aliphatic rings. The van der Waals surface area contributed by atoms with E-state index in [0.29, 0.717) is 0 Å². The molecule has 0 saturated heterocycles. The van der Waals surface area contributed by atoms with Crippen LogP contribution in [0.25, 0.3) is 0 Å². The largest absolute Gasteiger partial charge is 0.368 e. The van der Waals surface area contributed by atoms with Crippen LogP contribution >= 0.6 is 0 Å². The summed E-state index contributed by atoms with van der Waals surface area (Å²) in [4.78, 5) is 0. The van der Waals surface area contributed by atoms with Gasteiger partial charge in [-0.15, -0.1) is 0 Å². The summed E-state index contributed by atoms with van der Waals surface area (Å²) in [6, 6.07) is 0. The van der Waals surface area contributed by atoms with Crippen LogP contribution in [-0.4, -0.2) is 18.5 Å². The molecule has 0 spiro atoms. The molecule has 0 saturated carbocycles. The lowest BCUT2D eigenvalue weighted by Crippen LogP contribution is -2.07. The standard InChI is InChI=1S/C23H48O2/c1-3-4-5-6-7-8-9-10-11-12-13-14-15-16-17-18-19-20-21-22-23(24)25-2/h23-24H,3-22H2,1-2H3. The van der Waals surface area contributed by atoms with E-state index in [4.69, 9.17) is 4.74 Å². The van der Waals surface area contributed by atoms with Crippen LogP contribution < -0.4 is 0 Å². The van der Waals surface area contributed by atoms with Crippen molar-refractivity contribution in [2.45, 2.75) is 142 Å². The average Bonchev–Trinajstić information content (AvgIpc) is 2.63. The van der Waals surface area contributed by atoms with Crippen LogP contribution in [0.4, 0.5) is 0 Å². The number of rotatable bonds is 21. The highest BCUT2D eigenvalue weighted by Gasteiger charge is 2.00. The molecule has 2 nitrogen and oxygen atoms in total. The van der Waals surface area contributed by atoms with Gasteiger partial charge >= 0.3 is 0 Å². The van der Waals surface area contributed by atoms with E-state index < -0.39 is 6.29 Å². The van der Waals surface area contributed by atoms with Crippen molar-refractivity contribution in [2.24, 2.45) is 0 Å². The Hall–Kier alpha value is -0.0800. The van der Waals surface area contributed by atoms with Gasteiger partial charge in [-0.05, 0) is 12.8 Å². The maximum atomic E-state index is 9.28. The second-order valence-electron chi connectivity index (χ2n) is 7.84. The van der Waals surface area contributed by atoms with Crippen LogP contribution in [-0.2, 0) is 4.74 Å². The summed E-state index contributed by atoms with van der Waals surface area (Å²) in [7, 11) is 1.57. The Kier molecular flexibility index (Phi) is 21.9. The van der Waals surface area contributed by atoms with Crippen molar-refractivity contribution in [3.8, 4) is 0 Å². The molecule has 0 aromatic carbocycles. The Balaban J connectivity index is 2.98. The average molecular weight is 357 g/mol. The molecule has 0 fully saturated rings. The van der Waals surface area contributed by atoms with Crippen molar-refractivity contribution in [3.63, 3.8) is 0 Å². The molecule has 25 heavy (non-hydrogen) atoms. The second kappa shape index (κ2) is 22.0. The van der Waals surface area contributed by atoms with E-state index in [9.17, 15) is 5.11 Å². The predicted molar refractivity (Wildman–Crippen MR) is 111 cm³/mol. The molecule has 0 radical (unpaired) electrons. The number of aliphatic hydroxyl groups excluding tert-OH is 1. The van der Waals surface area contributed by atoms with Gasteiger partial charge in [0, 0.05) is 7.11 Å². The van der Waals surface area contributed by atoms with Crippen LogP contribution in [0.1, 0.15) is 135 Å². The summed E-state index contributed by atoms with van der Waals surface area (Å²) in [5.41, 5.74) is 0. The zero-order valence-corrected chi connectivity index (χ0v) is 17.6. The first kappa shape index (κ1) is 24.9. The normalized spacial score (nSPS) is 12.6. The van der Waals surface area contributed by atoms with Crippen LogP contribution in [0.5, 0.6) is 0 Å². The van der Waals surface area contributed by atoms with Gasteiger partial charge in [-0.25, -0.2) is 0 Å². The predicted octanol–water partition coefficient (Wildman–Crippen LogP) is 7.77. The minimum atomic E-state index is -0.550. The third-order valence-corrected chi connectivity index (χ3v) is 5.33. The summed E-state index contributed by atoms with van der Waals surface area (Å²) in [6.07, 6.45) is 26.9. The smallest absolute Gasteiger partial charge is 0.154 e. The number of methoxy groups -OCH3 is 1. The number of hydrogen-bond donors (Lipinski definition) is 1. The fraction of sp³-hybridized carbons (Fsp3) is 1.00. The molecule has 152 valence electrons. The topological polar surface area (TPSA) is 29.5 Å². The third kappa shape index (κ3) is 21.9. The van der Waals surface area contributed by atoms with E-state index in [-0.39, 0.29) is 0 Å². The number of ether oxygens (including phenoxy) is 1. The van der Waals surface area contributed by atoms with Crippen molar-refractivity contribution in [3.05, 3.63) is 0 Å². The van der Waals surface area contributed by atoms with E-state index in [0.717, 1.165) is 12.8 Å². The number of aliphatic hydroxyl groups is 1. The molecule has 0 aromatic rings. The van der Waals surface area contributed by atoms with Crippen molar-refractivity contribution in [1.82, 2.24) is 0 Å². The minimum absolute atomic E-state index is 0.550. The van der Waals surface area contributed by atoms with Gasteiger partial charge in [0.1, 0.15) is 0 Å². The van der Waals surface area contributed by atoms with Crippen molar-refractivity contribution >= 4 is 0 Å². The summed E-state index contributed by atoms with van der Waals surface area (Å²) in [5, 5.41) is 9.28. The van der Waals surface area contributed by atoms with E-state index in [1.165, 1.54) is 116 Å². The maximum absolute atomic E-state index is 9.28. The van der Waals surface area contributed by atoms with Crippen molar-refractivity contribution < 1.29 is 9.84 Å². The zero-order chi connectivity index (χ0) is 18.4. The van der Waals surface area contributed by atoms with Crippen LogP contribution in [0.3, 0.4) is 0 Å². The van der Waals surface area contributed by atoms with Crippen LogP contribution in [0.15, 0.2) is 0 Å². The molecular formula is C23H48O2. The van der Waals surface area contributed by atoms with Crippen LogP contribution in [0, 0.1) is 0 Å². The minimum Gasteiger partial charge on any atom is -0.368 e. The van der Waals surface area contributed by atoms with Gasteiger partial charge in [0.15, 0.2) is 6.29 Å².